The summed E-state index contributed by atoms with van der Waals surface area (Å²) in [6.07, 6.45) is 0.847. The quantitative estimate of drug-likeness (QED) is 0.490. The van der Waals surface area contributed by atoms with Gasteiger partial charge in [0.1, 0.15) is 0 Å². The number of rotatable bonds is 1. The van der Waals surface area contributed by atoms with Crippen molar-refractivity contribution in [1.82, 2.24) is 0 Å². The smallest absolute Gasteiger partial charge is 0.390 e. The van der Waals surface area contributed by atoms with Gasteiger partial charge < -0.3 is 5.73 Å². The number of hydrogen-bond acceptors (Lipinski definition) is 2. The van der Waals surface area contributed by atoms with Gasteiger partial charge in [-0.25, -0.2) is 0 Å². The average Bonchev–Trinajstić information content (AvgIpc) is 2.04. The van der Waals surface area contributed by atoms with Crippen LogP contribution in [0, 0.1) is 5.39 Å². The Morgan fingerprint density at radius 3 is 2.82 bits per heavy atom. The Hall–Kier alpha value is -1.56. The van der Waals surface area contributed by atoms with Gasteiger partial charge in [-0.15, -0.1) is 0 Å². The van der Waals surface area contributed by atoms with Crippen LogP contribution in [0.15, 0.2) is 18.2 Å². The maximum atomic E-state index is 8.54. The van der Waals surface area contributed by atoms with E-state index in [1.165, 1.54) is 0 Å². The third-order valence-corrected chi connectivity index (χ3v) is 1.60. The molecule has 1 aromatic rings. The van der Waals surface area contributed by atoms with Crippen molar-refractivity contribution in [1.29, 1.82) is 5.39 Å². The summed E-state index contributed by atoms with van der Waals surface area (Å²) in [5.74, 6) is 0. The van der Waals surface area contributed by atoms with Gasteiger partial charge in [-0.2, -0.15) is 0 Å². The van der Waals surface area contributed by atoms with E-state index in [0.29, 0.717) is 11.4 Å². The predicted molar refractivity (Wildman–Crippen MR) is 45.0 cm³/mol. The van der Waals surface area contributed by atoms with Crippen LogP contribution < -0.4 is 5.73 Å². The lowest BCUT2D eigenvalue weighted by Gasteiger charge is -1.92. The SMILES string of the molecule is CCc1ccc(N)cc1[N+]#N. The van der Waals surface area contributed by atoms with Crippen molar-refractivity contribution in [2.24, 2.45) is 0 Å². The molecular formula is C8H10N3+. The predicted octanol–water partition coefficient (Wildman–Crippen LogP) is 2.32. The molecule has 3 nitrogen and oxygen atoms in total. The van der Waals surface area contributed by atoms with E-state index in [-0.39, 0.29) is 0 Å². The first-order valence-corrected chi connectivity index (χ1v) is 3.51. The number of aryl methyl sites for hydroxylation is 1. The van der Waals surface area contributed by atoms with Crippen LogP contribution in [-0.2, 0) is 6.42 Å². The zero-order valence-corrected chi connectivity index (χ0v) is 6.41. The number of hydrogen-bond donors (Lipinski definition) is 1. The molecule has 0 aromatic heterocycles. The minimum Gasteiger partial charge on any atom is -0.398 e. The van der Waals surface area contributed by atoms with Crippen molar-refractivity contribution in [3.63, 3.8) is 0 Å². The maximum absolute atomic E-state index is 8.54. The largest absolute Gasteiger partial charge is 0.398 e. The highest BCUT2D eigenvalue weighted by atomic mass is 14.9. The first-order chi connectivity index (χ1) is 5.27. The molecule has 0 unspecified atom stereocenters. The molecule has 0 amide bonds. The summed E-state index contributed by atoms with van der Waals surface area (Å²) in [6.45, 7) is 2.00. The van der Waals surface area contributed by atoms with E-state index in [4.69, 9.17) is 11.1 Å². The average molecular weight is 148 g/mol. The lowest BCUT2D eigenvalue weighted by molar-refractivity contribution is 1.14. The minimum absolute atomic E-state index is 0.563. The molecule has 2 N–H and O–H groups in total. The molecule has 0 atom stereocenters. The van der Waals surface area contributed by atoms with Gasteiger partial charge in [-0.05, 0) is 18.6 Å². The van der Waals surface area contributed by atoms with E-state index in [2.05, 4.69) is 4.98 Å². The highest BCUT2D eigenvalue weighted by Gasteiger charge is 2.10. The molecule has 0 bridgehead atoms. The molecule has 3 heteroatoms. The molecule has 0 radical (unpaired) electrons. The van der Waals surface area contributed by atoms with Crippen LogP contribution >= 0.6 is 0 Å². The van der Waals surface area contributed by atoms with Crippen LogP contribution in [0.25, 0.3) is 4.98 Å². The Labute approximate surface area is 65.5 Å². The summed E-state index contributed by atoms with van der Waals surface area (Å²) in [4.78, 5) is 3.12. The van der Waals surface area contributed by atoms with Gasteiger partial charge in [0, 0.05) is 11.3 Å². The molecule has 0 aliphatic heterocycles. The first kappa shape index (κ1) is 7.55. The van der Waals surface area contributed by atoms with Crippen molar-refractivity contribution >= 4 is 11.4 Å². The summed E-state index contributed by atoms with van der Waals surface area (Å²) >= 11 is 0. The number of diazo groups is 1. The fourth-order valence-corrected chi connectivity index (χ4v) is 0.973. The lowest BCUT2D eigenvalue weighted by Crippen LogP contribution is -1.86. The van der Waals surface area contributed by atoms with E-state index in [0.717, 1.165) is 12.0 Å². The number of nitrogens with two attached hydrogens (primary N) is 1. The van der Waals surface area contributed by atoms with Crippen LogP contribution in [0.4, 0.5) is 11.4 Å². The number of benzene rings is 1. The minimum atomic E-state index is 0.563. The van der Waals surface area contributed by atoms with Crippen molar-refractivity contribution in [2.75, 3.05) is 5.73 Å². The molecule has 0 saturated heterocycles. The van der Waals surface area contributed by atoms with E-state index in [9.17, 15) is 0 Å². The van der Waals surface area contributed by atoms with Crippen LogP contribution in [-0.4, -0.2) is 0 Å². The van der Waals surface area contributed by atoms with Crippen LogP contribution in [0.5, 0.6) is 0 Å². The summed E-state index contributed by atoms with van der Waals surface area (Å²) in [5, 5.41) is 8.54. The van der Waals surface area contributed by atoms with Crippen LogP contribution in [0.2, 0.25) is 0 Å². The second-order valence-electron chi connectivity index (χ2n) is 2.34. The Balaban J connectivity index is 3.19. The van der Waals surface area contributed by atoms with E-state index in [1.54, 1.807) is 12.1 Å². The fraction of sp³-hybridized carbons (Fsp3) is 0.250. The normalized spacial score (nSPS) is 9.09. The molecule has 56 valence electrons. The molecule has 1 rings (SSSR count). The van der Waals surface area contributed by atoms with Gasteiger partial charge in [0.25, 0.3) is 0 Å². The zero-order valence-electron chi connectivity index (χ0n) is 6.41. The molecule has 0 spiro atoms. The molecular weight excluding hydrogens is 138 g/mol. The standard InChI is InChI=1S/C8H10N3/c1-2-6-3-4-7(9)5-8(6)11-10/h3-5H,2,9H2,1H3/q+1. The summed E-state index contributed by atoms with van der Waals surface area (Å²) in [5.41, 5.74) is 7.67. The molecule has 0 fully saturated rings. The van der Waals surface area contributed by atoms with E-state index >= 15 is 0 Å². The van der Waals surface area contributed by atoms with E-state index in [1.807, 2.05) is 13.0 Å². The molecule has 0 heterocycles. The van der Waals surface area contributed by atoms with Crippen molar-refractivity contribution in [2.45, 2.75) is 13.3 Å². The van der Waals surface area contributed by atoms with Crippen molar-refractivity contribution in [3.8, 4) is 0 Å². The highest BCUT2D eigenvalue weighted by Crippen LogP contribution is 2.22. The van der Waals surface area contributed by atoms with Crippen LogP contribution in [0.3, 0.4) is 0 Å². The third-order valence-electron chi connectivity index (χ3n) is 1.60. The number of nitrogen functional groups attached to an aromatic ring is 1. The second-order valence-corrected chi connectivity index (χ2v) is 2.34. The first-order valence-electron chi connectivity index (χ1n) is 3.51. The Morgan fingerprint density at radius 2 is 2.27 bits per heavy atom. The molecule has 0 aliphatic carbocycles. The van der Waals surface area contributed by atoms with Crippen molar-refractivity contribution < 1.29 is 0 Å². The van der Waals surface area contributed by atoms with Gasteiger partial charge in [-0.3, -0.25) is 0 Å². The monoisotopic (exact) mass is 148 g/mol. The Bertz CT molecular complexity index is 299. The summed E-state index contributed by atoms with van der Waals surface area (Å²) < 4.78 is 0. The topological polar surface area (TPSA) is 54.2 Å². The number of anilines is 1. The summed E-state index contributed by atoms with van der Waals surface area (Å²) in [7, 11) is 0. The van der Waals surface area contributed by atoms with E-state index < -0.39 is 0 Å². The Kier molecular flexibility index (Phi) is 2.07. The lowest BCUT2D eigenvalue weighted by atomic mass is 10.1. The fourth-order valence-electron chi connectivity index (χ4n) is 0.973. The zero-order chi connectivity index (χ0) is 8.27. The second kappa shape index (κ2) is 3.02. The molecule has 0 aliphatic rings. The van der Waals surface area contributed by atoms with Crippen molar-refractivity contribution in [3.05, 3.63) is 28.7 Å². The number of nitrogens with zero attached hydrogens (tertiary/aromatic N) is 2. The maximum Gasteiger partial charge on any atom is 0.390 e. The van der Waals surface area contributed by atoms with Gasteiger partial charge >= 0.3 is 5.69 Å². The molecule has 0 saturated carbocycles. The highest BCUT2D eigenvalue weighted by molar-refractivity contribution is 5.59. The van der Waals surface area contributed by atoms with Gasteiger partial charge in [-0.1, -0.05) is 6.92 Å². The van der Waals surface area contributed by atoms with Gasteiger partial charge in [0.2, 0.25) is 5.39 Å². The Morgan fingerprint density at radius 1 is 1.55 bits per heavy atom. The van der Waals surface area contributed by atoms with Gasteiger partial charge in [0.05, 0.1) is 6.07 Å². The summed E-state index contributed by atoms with van der Waals surface area (Å²) in [6, 6.07) is 5.32. The van der Waals surface area contributed by atoms with Gasteiger partial charge in [0.15, 0.2) is 4.98 Å². The molecule has 11 heavy (non-hydrogen) atoms. The molecule has 1 aromatic carbocycles. The third kappa shape index (κ3) is 1.47. The van der Waals surface area contributed by atoms with Crippen LogP contribution in [0.1, 0.15) is 12.5 Å².